The number of benzene rings is 1. The topological polar surface area (TPSA) is 70.6 Å². The average molecular weight is 311 g/mol. The van der Waals surface area contributed by atoms with Gasteiger partial charge in [-0.3, -0.25) is 4.99 Å². The first-order chi connectivity index (χ1) is 10.1. The van der Waals surface area contributed by atoms with Crippen LogP contribution in [0.2, 0.25) is 0 Å². The highest BCUT2D eigenvalue weighted by Gasteiger charge is 2.06. The van der Waals surface area contributed by atoms with Crippen LogP contribution in [-0.2, 0) is 16.3 Å². The minimum Gasteiger partial charge on any atom is -0.357 e. The summed E-state index contributed by atoms with van der Waals surface area (Å²) in [5.74, 6) is 0.930. The van der Waals surface area contributed by atoms with Crippen molar-refractivity contribution < 1.29 is 8.42 Å². The van der Waals surface area contributed by atoms with Gasteiger partial charge in [-0.15, -0.1) is 0 Å². The van der Waals surface area contributed by atoms with E-state index < -0.39 is 9.84 Å². The fraction of sp³-hybridized carbons (Fsp3) is 0.533. The molecule has 0 saturated heterocycles. The van der Waals surface area contributed by atoms with Crippen molar-refractivity contribution >= 4 is 15.8 Å². The third kappa shape index (κ3) is 7.70. The van der Waals surface area contributed by atoms with Crippen molar-refractivity contribution in [1.82, 2.24) is 10.6 Å². The number of nitrogens with one attached hydrogen (secondary N) is 2. The molecule has 0 spiro atoms. The zero-order chi connectivity index (χ0) is 15.6. The number of aliphatic imine (C=N–C) groups is 1. The fourth-order valence-electron chi connectivity index (χ4n) is 1.75. The number of sulfone groups is 1. The standard InChI is InChI=1S/C15H25N3O2S/c1-3-16-15(18-12-13-21(19,20)4-2)17-11-10-14-8-6-5-7-9-14/h5-9H,3-4,10-13H2,1-2H3,(H2,16,17,18). The van der Waals surface area contributed by atoms with Gasteiger partial charge in [0.05, 0.1) is 12.3 Å². The molecule has 0 saturated carbocycles. The molecule has 0 heterocycles. The highest BCUT2D eigenvalue weighted by Crippen LogP contribution is 1.98. The van der Waals surface area contributed by atoms with E-state index in [1.807, 2.05) is 25.1 Å². The third-order valence-corrected chi connectivity index (χ3v) is 4.69. The lowest BCUT2D eigenvalue weighted by Gasteiger charge is -2.11. The van der Waals surface area contributed by atoms with Crippen molar-refractivity contribution in [2.24, 2.45) is 4.99 Å². The van der Waals surface area contributed by atoms with Gasteiger partial charge in [0, 0.05) is 18.8 Å². The molecule has 1 aromatic carbocycles. The van der Waals surface area contributed by atoms with Crippen LogP contribution in [0.25, 0.3) is 0 Å². The summed E-state index contributed by atoms with van der Waals surface area (Å²) < 4.78 is 22.9. The lowest BCUT2D eigenvalue weighted by Crippen LogP contribution is -2.38. The summed E-state index contributed by atoms with van der Waals surface area (Å²) in [7, 11) is -2.96. The van der Waals surface area contributed by atoms with Crippen LogP contribution in [0.15, 0.2) is 35.3 Å². The van der Waals surface area contributed by atoms with Gasteiger partial charge in [0.25, 0.3) is 0 Å². The maximum absolute atomic E-state index is 11.4. The van der Waals surface area contributed by atoms with Gasteiger partial charge in [0.2, 0.25) is 0 Å². The Bertz CT molecular complexity index is 527. The Morgan fingerprint density at radius 1 is 1.14 bits per heavy atom. The first kappa shape index (κ1) is 17.5. The maximum atomic E-state index is 11.4. The molecule has 0 aliphatic heterocycles. The highest BCUT2D eigenvalue weighted by molar-refractivity contribution is 7.91. The van der Waals surface area contributed by atoms with Crippen LogP contribution in [0.4, 0.5) is 0 Å². The van der Waals surface area contributed by atoms with Gasteiger partial charge in [-0.25, -0.2) is 8.42 Å². The van der Waals surface area contributed by atoms with E-state index in [0.29, 0.717) is 5.96 Å². The number of hydrogen-bond acceptors (Lipinski definition) is 3. The molecular formula is C15H25N3O2S. The molecule has 0 atom stereocenters. The molecule has 5 nitrogen and oxygen atoms in total. The van der Waals surface area contributed by atoms with E-state index in [2.05, 4.69) is 27.8 Å². The van der Waals surface area contributed by atoms with E-state index in [1.165, 1.54) is 5.56 Å². The SMILES string of the molecule is CCNC(=NCCS(=O)(=O)CC)NCCc1ccccc1. The lowest BCUT2D eigenvalue weighted by molar-refractivity contribution is 0.597. The van der Waals surface area contributed by atoms with Crippen molar-refractivity contribution in [1.29, 1.82) is 0 Å². The Hall–Kier alpha value is -1.56. The molecule has 0 aliphatic rings. The molecule has 0 radical (unpaired) electrons. The quantitative estimate of drug-likeness (QED) is 0.559. The molecule has 21 heavy (non-hydrogen) atoms. The van der Waals surface area contributed by atoms with E-state index in [9.17, 15) is 8.42 Å². The van der Waals surface area contributed by atoms with Gasteiger partial charge in [0.1, 0.15) is 0 Å². The summed E-state index contributed by atoms with van der Waals surface area (Å²) in [5, 5.41) is 6.33. The van der Waals surface area contributed by atoms with Crippen LogP contribution >= 0.6 is 0 Å². The number of hydrogen-bond donors (Lipinski definition) is 2. The Kier molecular flexibility index (Phi) is 7.82. The van der Waals surface area contributed by atoms with Crippen LogP contribution < -0.4 is 10.6 Å². The van der Waals surface area contributed by atoms with Gasteiger partial charge in [-0.05, 0) is 18.9 Å². The lowest BCUT2D eigenvalue weighted by atomic mass is 10.1. The van der Waals surface area contributed by atoms with Gasteiger partial charge in [-0.1, -0.05) is 37.3 Å². The summed E-state index contributed by atoms with van der Waals surface area (Å²) in [5.41, 5.74) is 1.26. The Labute approximate surface area is 127 Å². The highest BCUT2D eigenvalue weighted by atomic mass is 32.2. The second kappa shape index (κ2) is 9.39. The van der Waals surface area contributed by atoms with E-state index in [4.69, 9.17) is 0 Å². The molecule has 0 aromatic heterocycles. The molecule has 6 heteroatoms. The first-order valence-corrected chi connectivity index (χ1v) is 9.16. The summed E-state index contributed by atoms with van der Waals surface area (Å²) in [6.45, 7) is 5.43. The van der Waals surface area contributed by atoms with E-state index >= 15 is 0 Å². The van der Waals surface area contributed by atoms with Crippen LogP contribution in [0, 0.1) is 0 Å². The Balaban J connectivity index is 2.42. The molecule has 1 rings (SSSR count). The van der Waals surface area contributed by atoms with Gasteiger partial charge >= 0.3 is 0 Å². The van der Waals surface area contributed by atoms with Gasteiger partial charge < -0.3 is 10.6 Å². The fourth-order valence-corrected chi connectivity index (χ4v) is 2.41. The number of guanidine groups is 1. The van der Waals surface area contributed by atoms with Crippen LogP contribution in [0.1, 0.15) is 19.4 Å². The van der Waals surface area contributed by atoms with Crippen molar-refractivity contribution in [3.05, 3.63) is 35.9 Å². The van der Waals surface area contributed by atoms with Crippen molar-refractivity contribution in [3.63, 3.8) is 0 Å². The number of rotatable bonds is 8. The predicted molar refractivity (Wildman–Crippen MR) is 88.5 cm³/mol. The molecule has 1 aromatic rings. The largest absolute Gasteiger partial charge is 0.357 e. The monoisotopic (exact) mass is 311 g/mol. The molecule has 0 amide bonds. The predicted octanol–water partition coefficient (Wildman–Crippen LogP) is 1.22. The van der Waals surface area contributed by atoms with E-state index in [-0.39, 0.29) is 18.1 Å². The summed E-state index contributed by atoms with van der Waals surface area (Å²) in [6, 6.07) is 10.2. The summed E-state index contributed by atoms with van der Waals surface area (Å²) in [4.78, 5) is 4.29. The van der Waals surface area contributed by atoms with E-state index in [0.717, 1.165) is 19.5 Å². The molecule has 0 aliphatic carbocycles. The second-order valence-corrected chi connectivity index (χ2v) is 7.13. The molecular weight excluding hydrogens is 286 g/mol. The smallest absolute Gasteiger partial charge is 0.191 e. The minimum absolute atomic E-state index is 0.0960. The normalized spacial score (nSPS) is 12.2. The van der Waals surface area contributed by atoms with Crippen LogP contribution in [0.5, 0.6) is 0 Å². The molecule has 0 fully saturated rings. The van der Waals surface area contributed by atoms with Crippen molar-refractivity contribution in [3.8, 4) is 0 Å². The number of nitrogens with zero attached hydrogens (tertiary/aromatic N) is 1. The van der Waals surface area contributed by atoms with E-state index in [1.54, 1.807) is 6.92 Å². The van der Waals surface area contributed by atoms with Crippen molar-refractivity contribution in [2.45, 2.75) is 20.3 Å². The zero-order valence-corrected chi connectivity index (χ0v) is 13.6. The van der Waals surface area contributed by atoms with Crippen molar-refractivity contribution in [2.75, 3.05) is 31.1 Å². The molecule has 2 N–H and O–H groups in total. The zero-order valence-electron chi connectivity index (χ0n) is 12.8. The van der Waals surface area contributed by atoms with Crippen LogP contribution in [-0.4, -0.2) is 45.5 Å². The molecule has 118 valence electrons. The first-order valence-electron chi connectivity index (χ1n) is 7.34. The average Bonchev–Trinajstić information content (AvgIpc) is 2.48. The summed E-state index contributed by atoms with van der Waals surface area (Å²) >= 11 is 0. The van der Waals surface area contributed by atoms with Crippen LogP contribution in [0.3, 0.4) is 0 Å². The summed E-state index contributed by atoms with van der Waals surface area (Å²) in [6.07, 6.45) is 0.901. The Morgan fingerprint density at radius 2 is 1.86 bits per heavy atom. The molecule has 0 unspecified atom stereocenters. The second-order valence-electron chi connectivity index (χ2n) is 4.66. The maximum Gasteiger partial charge on any atom is 0.191 e. The Morgan fingerprint density at radius 3 is 2.48 bits per heavy atom. The minimum atomic E-state index is -2.96. The van der Waals surface area contributed by atoms with Gasteiger partial charge in [-0.2, -0.15) is 0 Å². The molecule has 0 bridgehead atoms. The van der Waals surface area contributed by atoms with Gasteiger partial charge in [0.15, 0.2) is 15.8 Å². The third-order valence-electron chi connectivity index (χ3n) is 3.01.